The minimum Gasteiger partial charge on any atom is -0.497 e. The monoisotopic (exact) mass is 980 g/mol. The van der Waals surface area contributed by atoms with Crippen LogP contribution in [0.5, 0.6) is 28.7 Å². The molecule has 4 aromatic carbocycles. The Bertz CT molecular complexity index is 1950. The highest BCUT2D eigenvalue weighted by molar-refractivity contribution is 6.42. The molecule has 3 aliphatic rings. The number of nitrogens with two attached hydrogens (primary N) is 1. The maximum atomic E-state index is 10.3. The van der Waals surface area contributed by atoms with Crippen LogP contribution in [0.15, 0.2) is 84.9 Å². The van der Waals surface area contributed by atoms with E-state index >= 15 is 0 Å². The predicted molar refractivity (Wildman–Crippen MR) is 258 cm³/mol. The number of likely N-dealkylation sites (tertiary alicyclic amines) is 2. The van der Waals surface area contributed by atoms with Crippen LogP contribution in [0.25, 0.3) is 0 Å². The van der Waals surface area contributed by atoms with Crippen molar-refractivity contribution < 1.29 is 43.7 Å². The van der Waals surface area contributed by atoms with Gasteiger partial charge in [-0.05, 0) is 119 Å². The lowest BCUT2D eigenvalue weighted by Crippen LogP contribution is -2.47. The van der Waals surface area contributed by atoms with Crippen LogP contribution in [-0.2, 0) is 4.74 Å². The minimum absolute atomic E-state index is 0.198. The molecule has 6 N–H and O–H groups in total. The average Bonchev–Trinajstić information content (AvgIpc) is 4.15. The molecule has 0 bridgehead atoms. The standard InChI is InChI=1S/C24H32Cl2N2O4.C14H20Cl2N2O2.C10H12O3/c1-17-2-4-21(5-3-17)31-15-19(29)13-27-18-8-10-28(11-9-18)14-20(30)16-32-22-6-7-23(25)24(26)12-22;15-13-2-1-12(7-14(13)16)20-9-11(19)8-18-5-3-10(17)4-6-18;1-11-8-2-4-9(5-3-8)12-6-10-7-13-10/h2-7,12,18-20,27,29-30H,8-11,13-16H2,1H3;1-2,7,10-11,19H,3-6,8-9,17H2;2-5,10H,6-7H2,1H3/t19-,20+;11-;10-/m011/s1. The van der Waals surface area contributed by atoms with E-state index in [0.29, 0.717) is 76.0 Å². The molecule has 4 aromatic rings. The van der Waals surface area contributed by atoms with E-state index < -0.39 is 18.3 Å². The highest BCUT2D eigenvalue weighted by Crippen LogP contribution is 2.28. The second kappa shape index (κ2) is 28.1. The van der Waals surface area contributed by atoms with Crippen LogP contribution in [0.1, 0.15) is 31.2 Å². The van der Waals surface area contributed by atoms with Crippen molar-refractivity contribution in [3.63, 3.8) is 0 Å². The van der Waals surface area contributed by atoms with Gasteiger partial charge in [0.1, 0.15) is 79.6 Å². The zero-order valence-electron chi connectivity index (χ0n) is 37.1. The summed E-state index contributed by atoms with van der Waals surface area (Å²) >= 11 is 23.6. The lowest BCUT2D eigenvalue weighted by molar-refractivity contribution is 0.0556. The second-order valence-corrected chi connectivity index (χ2v) is 18.1. The van der Waals surface area contributed by atoms with E-state index in [2.05, 4.69) is 15.1 Å². The largest absolute Gasteiger partial charge is 0.497 e. The fraction of sp³-hybridized carbons (Fsp3) is 0.500. The van der Waals surface area contributed by atoms with Gasteiger partial charge in [-0.15, -0.1) is 0 Å². The van der Waals surface area contributed by atoms with E-state index in [0.717, 1.165) is 75.7 Å². The second-order valence-electron chi connectivity index (χ2n) is 16.4. The van der Waals surface area contributed by atoms with Crippen LogP contribution in [0.2, 0.25) is 20.1 Å². The third-order valence-electron chi connectivity index (χ3n) is 10.8. The van der Waals surface area contributed by atoms with Crippen molar-refractivity contribution >= 4 is 46.4 Å². The van der Waals surface area contributed by atoms with E-state index in [1.807, 2.05) is 55.5 Å². The van der Waals surface area contributed by atoms with Crippen LogP contribution in [-0.4, -0.2) is 148 Å². The number of ether oxygens (including phenoxy) is 6. The topological polar surface area (TPSA) is 164 Å². The lowest BCUT2D eigenvalue weighted by atomic mass is 10.0. The zero-order chi connectivity index (χ0) is 46.6. The molecule has 4 atom stereocenters. The van der Waals surface area contributed by atoms with E-state index in [9.17, 15) is 15.3 Å². The van der Waals surface area contributed by atoms with Gasteiger partial charge < -0.3 is 64.6 Å². The first-order valence-electron chi connectivity index (χ1n) is 22.0. The summed E-state index contributed by atoms with van der Waals surface area (Å²) in [6.45, 7) is 9.50. The number of β-amino-alcohol motifs (C(OH)–C–C–N with tert-alkyl or cyclic N) is 2. The summed E-state index contributed by atoms with van der Waals surface area (Å²) in [6.07, 6.45) is 2.53. The lowest BCUT2D eigenvalue weighted by Gasteiger charge is -2.33. The molecule has 65 heavy (non-hydrogen) atoms. The molecular formula is C48H64Cl4N4O9. The molecule has 3 fully saturated rings. The van der Waals surface area contributed by atoms with Crippen molar-refractivity contribution in [2.45, 2.75) is 69.1 Å². The van der Waals surface area contributed by atoms with Gasteiger partial charge in [-0.3, -0.25) is 0 Å². The first-order chi connectivity index (χ1) is 31.3. The molecule has 13 nitrogen and oxygen atoms in total. The van der Waals surface area contributed by atoms with Crippen LogP contribution < -0.4 is 34.7 Å². The third-order valence-corrected chi connectivity index (χ3v) is 12.3. The highest BCUT2D eigenvalue weighted by Gasteiger charge is 2.24. The van der Waals surface area contributed by atoms with Crippen molar-refractivity contribution in [1.29, 1.82) is 0 Å². The number of piperidine rings is 2. The minimum atomic E-state index is -0.588. The fourth-order valence-corrected chi connectivity index (χ4v) is 7.46. The summed E-state index contributed by atoms with van der Waals surface area (Å²) in [5.41, 5.74) is 7.03. The highest BCUT2D eigenvalue weighted by atomic mass is 35.5. The molecule has 0 radical (unpaired) electrons. The number of aliphatic hydroxyl groups is 3. The first kappa shape index (κ1) is 52.7. The number of nitrogens with one attached hydrogen (secondary N) is 1. The number of nitrogens with zero attached hydrogens (tertiary/aromatic N) is 2. The number of epoxide rings is 1. The number of halogens is 4. The van der Waals surface area contributed by atoms with Crippen molar-refractivity contribution in [3.8, 4) is 28.7 Å². The van der Waals surface area contributed by atoms with Gasteiger partial charge in [-0.2, -0.15) is 0 Å². The molecule has 3 aliphatic heterocycles. The van der Waals surface area contributed by atoms with Gasteiger partial charge in [0.15, 0.2) is 0 Å². The average molecular weight is 983 g/mol. The van der Waals surface area contributed by atoms with Crippen LogP contribution >= 0.6 is 46.4 Å². The summed E-state index contributed by atoms with van der Waals surface area (Å²) in [7, 11) is 1.65. The molecule has 0 aromatic heterocycles. The van der Waals surface area contributed by atoms with Gasteiger partial charge in [0.05, 0.1) is 33.8 Å². The molecular weight excluding hydrogens is 918 g/mol. The summed E-state index contributed by atoms with van der Waals surface area (Å²) in [4.78, 5) is 4.45. The summed E-state index contributed by atoms with van der Waals surface area (Å²) in [5.74, 6) is 3.67. The Hall–Kier alpha value is -3.28. The number of hydrogen-bond donors (Lipinski definition) is 5. The molecule has 0 saturated carbocycles. The molecule has 0 unspecified atom stereocenters. The van der Waals surface area contributed by atoms with Crippen molar-refractivity contribution in [2.24, 2.45) is 5.73 Å². The van der Waals surface area contributed by atoms with Crippen LogP contribution in [0, 0.1) is 6.92 Å². The Labute approximate surface area is 403 Å². The maximum absolute atomic E-state index is 10.3. The normalized spacial score (nSPS) is 18.2. The smallest absolute Gasteiger partial charge is 0.121 e. The summed E-state index contributed by atoms with van der Waals surface area (Å²) in [5, 5.41) is 35.8. The molecule has 3 heterocycles. The Morgan fingerprint density at radius 3 is 1.54 bits per heavy atom. The summed E-state index contributed by atoms with van der Waals surface area (Å²) in [6, 6.07) is 26.1. The Morgan fingerprint density at radius 2 is 1.05 bits per heavy atom. The summed E-state index contributed by atoms with van der Waals surface area (Å²) < 4.78 is 32.3. The van der Waals surface area contributed by atoms with Gasteiger partial charge in [0, 0.05) is 43.9 Å². The SMILES string of the molecule is COc1ccc(OC[C@@H]2CO2)cc1.Cc1ccc(OC[C@@H](O)CNC2CCN(C[C@@H](O)COc3ccc(Cl)c(Cl)c3)CC2)cc1.NC1CCN(C[C@@H](O)COc2ccc(Cl)c(Cl)c2)CC1. The predicted octanol–water partition coefficient (Wildman–Crippen LogP) is 7.16. The molecule has 358 valence electrons. The molecule has 7 rings (SSSR count). The number of rotatable bonds is 20. The Balaban J connectivity index is 0.000000203. The molecule has 17 heteroatoms. The Morgan fingerprint density at radius 1 is 0.615 bits per heavy atom. The number of benzene rings is 4. The van der Waals surface area contributed by atoms with Crippen molar-refractivity contribution in [1.82, 2.24) is 15.1 Å². The quantitative estimate of drug-likeness (QED) is 0.0568. The number of hydrogen-bond acceptors (Lipinski definition) is 13. The van der Waals surface area contributed by atoms with Gasteiger partial charge in [0.25, 0.3) is 0 Å². The number of methoxy groups -OCH3 is 1. The van der Waals surface area contributed by atoms with Crippen molar-refractivity contribution in [2.75, 3.05) is 86.0 Å². The number of aryl methyl sites for hydroxylation is 1. The Kier molecular flexibility index (Phi) is 22.8. The number of aliphatic hydroxyl groups excluding tert-OH is 3. The zero-order valence-corrected chi connectivity index (χ0v) is 40.2. The van der Waals surface area contributed by atoms with Gasteiger partial charge in [-0.1, -0.05) is 64.1 Å². The molecule has 0 amide bonds. The van der Waals surface area contributed by atoms with Crippen LogP contribution in [0.3, 0.4) is 0 Å². The van der Waals surface area contributed by atoms with E-state index in [-0.39, 0.29) is 19.8 Å². The molecule has 3 saturated heterocycles. The van der Waals surface area contributed by atoms with Crippen molar-refractivity contribution in [3.05, 3.63) is 111 Å². The van der Waals surface area contributed by atoms with E-state index in [1.165, 1.54) is 5.56 Å². The molecule has 0 spiro atoms. The maximum Gasteiger partial charge on any atom is 0.121 e. The van der Waals surface area contributed by atoms with Gasteiger partial charge >= 0.3 is 0 Å². The van der Waals surface area contributed by atoms with Gasteiger partial charge in [-0.25, -0.2) is 0 Å². The first-order valence-corrected chi connectivity index (χ1v) is 23.5. The van der Waals surface area contributed by atoms with E-state index in [1.54, 1.807) is 43.5 Å². The van der Waals surface area contributed by atoms with Gasteiger partial charge in [0.2, 0.25) is 0 Å². The third kappa shape index (κ3) is 20.6. The van der Waals surface area contributed by atoms with E-state index in [4.69, 9.17) is 80.6 Å². The fourth-order valence-electron chi connectivity index (χ4n) is 6.89. The molecule has 0 aliphatic carbocycles. The van der Waals surface area contributed by atoms with Crippen LogP contribution in [0.4, 0.5) is 0 Å².